The summed E-state index contributed by atoms with van der Waals surface area (Å²) >= 11 is 12.2. The van der Waals surface area contributed by atoms with Crippen LogP contribution in [0.15, 0.2) is 66.7 Å². The van der Waals surface area contributed by atoms with Gasteiger partial charge in [0.2, 0.25) is 5.69 Å². The molecule has 34 heavy (non-hydrogen) atoms. The van der Waals surface area contributed by atoms with E-state index < -0.39 is 5.97 Å². The van der Waals surface area contributed by atoms with Gasteiger partial charge >= 0.3 is 5.97 Å². The highest BCUT2D eigenvalue weighted by Gasteiger charge is 2.23. The monoisotopic (exact) mass is 497 g/mol. The van der Waals surface area contributed by atoms with Gasteiger partial charge in [0.25, 0.3) is 5.88 Å². The van der Waals surface area contributed by atoms with Gasteiger partial charge < -0.3 is 14.2 Å². The number of methoxy groups -OCH3 is 1. The average Bonchev–Trinajstić information content (AvgIpc) is 3.24. The first kappa shape index (κ1) is 23.6. The Kier molecular flexibility index (Phi) is 7.35. The summed E-state index contributed by atoms with van der Waals surface area (Å²) in [7, 11) is 1.61. The van der Waals surface area contributed by atoms with Gasteiger partial charge in [0.05, 0.1) is 30.3 Å². The van der Waals surface area contributed by atoms with Crippen LogP contribution in [0.4, 0.5) is 0 Å². The molecule has 1 aromatic heterocycles. The molecule has 4 aromatic rings. The van der Waals surface area contributed by atoms with Crippen LogP contribution in [0.1, 0.15) is 23.0 Å². The standard InChI is InChI=1S/C25H21Cl2N3O4/c1-3-33-25(31)23-24(30(29-28-23)15-16-4-9-19(32-2)10-5-16)34-20-11-6-17(7-12-20)18-8-13-21(26)22(27)14-18/h4-14H,3,15H2,1-2H3. The van der Waals surface area contributed by atoms with Crippen LogP contribution in [-0.4, -0.2) is 34.7 Å². The topological polar surface area (TPSA) is 75.5 Å². The summed E-state index contributed by atoms with van der Waals surface area (Å²) in [5.74, 6) is 0.836. The quantitative estimate of drug-likeness (QED) is 0.266. The molecular weight excluding hydrogens is 477 g/mol. The smallest absolute Gasteiger partial charge is 0.364 e. The lowest BCUT2D eigenvalue weighted by molar-refractivity contribution is 0.0516. The van der Waals surface area contributed by atoms with Crippen molar-refractivity contribution in [3.8, 4) is 28.5 Å². The second-order valence-electron chi connectivity index (χ2n) is 7.22. The number of hydrogen-bond donors (Lipinski definition) is 0. The molecule has 1 heterocycles. The fourth-order valence-corrected chi connectivity index (χ4v) is 3.54. The third-order valence-corrected chi connectivity index (χ3v) is 5.71. The zero-order valence-electron chi connectivity index (χ0n) is 18.5. The number of hydrogen-bond acceptors (Lipinski definition) is 6. The zero-order valence-corrected chi connectivity index (χ0v) is 20.0. The zero-order chi connectivity index (χ0) is 24.1. The second-order valence-corrected chi connectivity index (χ2v) is 8.04. The normalized spacial score (nSPS) is 10.7. The number of ether oxygens (including phenoxy) is 3. The molecule has 0 saturated carbocycles. The van der Waals surface area contributed by atoms with Gasteiger partial charge in [0, 0.05) is 0 Å². The SMILES string of the molecule is CCOC(=O)c1nnn(Cc2ccc(OC)cc2)c1Oc1ccc(-c2ccc(Cl)c(Cl)c2)cc1. The van der Waals surface area contributed by atoms with Crippen LogP contribution in [0, 0.1) is 0 Å². The van der Waals surface area contributed by atoms with E-state index in [2.05, 4.69) is 10.3 Å². The molecule has 7 nitrogen and oxygen atoms in total. The Morgan fingerprint density at radius 3 is 2.24 bits per heavy atom. The van der Waals surface area contributed by atoms with E-state index in [0.717, 1.165) is 22.4 Å². The minimum atomic E-state index is -0.606. The first-order valence-electron chi connectivity index (χ1n) is 10.5. The predicted octanol–water partition coefficient (Wildman–Crippen LogP) is 6.28. The molecule has 3 aromatic carbocycles. The molecule has 0 saturated heterocycles. The fraction of sp³-hybridized carbons (Fsp3) is 0.160. The molecule has 0 unspecified atom stereocenters. The predicted molar refractivity (Wildman–Crippen MR) is 130 cm³/mol. The number of esters is 1. The van der Waals surface area contributed by atoms with Crippen molar-refractivity contribution in [3.05, 3.63) is 88.0 Å². The Morgan fingerprint density at radius 1 is 0.912 bits per heavy atom. The number of rotatable bonds is 8. The van der Waals surface area contributed by atoms with E-state index in [1.165, 1.54) is 4.68 Å². The Labute approximate surface area is 206 Å². The van der Waals surface area contributed by atoms with Gasteiger partial charge in [-0.25, -0.2) is 9.48 Å². The van der Waals surface area contributed by atoms with Gasteiger partial charge in [-0.1, -0.05) is 58.7 Å². The van der Waals surface area contributed by atoms with Crippen molar-refractivity contribution in [3.63, 3.8) is 0 Å². The molecule has 0 amide bonds. The van der Waals surface area contributed by atoms with Crippen molar-refractivity contribution in [2.45, 2.75) is 13.5 Å². The maximum Gasteiger partial charge on any atom is 0.364 e. The summed E-state index contributed by atoms with van der Waals surface area (Å²) in [5.41, 5.74) is 2.78. The molecule has 0 aliphatic carbocycles. The molecule has 9 heteroatoms. The van der Waals surface area contributed by atoms with Crippen molar-refractivity contribution < 1.29 is 19.0 Å². The molecule has 0 aliphatic rings. The lowest BCUT2D eigenvalue weighted by Gasteiger charge is -2.11. The van der Waals surface area contributed by atoms with Crippen LogP contribution < -0.4 is 9.47 Å². The van der Waals surface area contributed by atoms with E-state index in [9.17, 15) is 4.79 Å². The van der Waals surface area contributed by atoms with Crippen molar-refractivity contribution in [1.29, 1.82) is 0 Å². The number of aromatic nitrogens is 3. The van der Waals surface area contributed by atoms with Gasteiger partial charge in [-0.2, -0.15) is 0 Å². The van der Waals surface area contributed by atoms with Crippen LogP contribution in [0.2, 0.25) is 10.0 Å². The Balaban J connectivity index is 1.61. The molecule has 0 atom stereocenters. The van der Waals surface area contributed by atoms with Crippen LogP contribution in [0.5, 0.6) is 17.4 Å². The second kappa shape index (κ2) is 10.6. The number of carbonyl (C=O) groups is 1. The lowest BCUT2D eigenvalue weighted by atomic mass is 10.1. The van der Waals surface area contributed by atoms with E-state index >= 15 is 0 Å². The summed E-state index contributed by atoms with van der Waals surface area (Å²) in [4.78, 5) is 12.4. The van der Waals surface area contributed by atoms with E-state index in [0.29, 0.717) is 22.3 Å². The molecule has 174 valence electrons. The van der Waals surface area contributed by atoms with Gasteiger partial charge in [0.15, 0.2) is 0 Å². The minimum Gasteiger partial charge on any atom is -0.497 e. The molecule has 0 radical (unpaired) electrons. The summed E-state index contributed by atoms with van der Waals surface area (Å²) in [6.45, 7) is 2.27. The molecule has 0 fully saturated rings. The van der Waals surface area contributed by atoms with Crippen LogP contribution >= 0.6 is 23.2 Å². The van der Waals surface area contributed by atoms with Crippen molar-refractivity contribution in [2.75, 3.05) is 13.7 Å². The minimum absolute atomic E-state index is 0.00363. The number of halogens is 2. The molecular formula is C25H21Cl2N3O4. The first-order chi connectivity index (χ1) is 16.5. The van der Waals surface area contributed by atoms with Gasteiger partial charge in [-0.05, 0) is 60.0 Å². The highest BCUT2D eigenvalue weighted by Crippen LogP contribution is 2.31. The largest absolute Gasteiger partial charge is 0.497 e. The Morgan fingerprint density at radius 2 is 1.59 bits per heavy atom. The van der Waals surface area contributed by atoms with E-state index in [4.69, 9.17) is 37.4 Å². The van der Waals surface area contributed by atoms with E-state index in [1.54, 1.807) is 38.3 Å². The molecule has 0 aliphatic heterocycles. The van der Waals surface area contributed by atoms with Crippen LogP contribution in [0.3, 0.4) is 0 Å². The number of benzene rings is 3. The summed E-state index contributed by atoms with van der Waals surface area (Å²) in [5, 5.41) is 9.10. The van der Waals surface area contributed by atoms with Crippen molar-refractivity contribution in [1.82, 2.24) is 15.0 Å². The van der Waals surface area contributed by atoms with E-state index in [1.807, 2.05) is 42.5 Å². The summed E-state index contributed by atoms with van der Waals surface area (Å²) in [6.07, 6.45) is 0. The Bertz CT molecular complexity index is 1290. The van der Waals surface area contributed by atoms with Crippen molar-refractivity contribution in [2.24, 2.45) is 0 Å². The summed E-state index contributed by atoms with van der Waals surface area (Å²) in [6, 6.07) is 20.3. The maximum absolute atomic E-state index is 12.4. The van der Waals surface area contributed by atoms with Gasteiger partial charge in [-0.3, -0.25) is 0 Å². The molecule has 0 bridgehead atoms. The fourth-order valence-electron chi connectivity index (χ4n) is 3.24. The molecule has 0 N–H and O–H groups in total. The third kappa shape index (κ3) is 5.32. The van der Waals surface area contributed by atoms with Gasteiger partial charge in [0.1, 0.15) is 11.5 Å². The maximum atomic E-state index is 12.4. The van der Waals surface area contributed by atoms with Crippen LogP contribution in [-0.2, 0) is 11.3 Å². The third-order valence-electron chi connectivity index (χ3n) is 4.97. The van der Waals surface area contributed by atoms with E-state index in [-0.39, 0.29) is 18.2 Å². The molecule has 4 rings (SSSR count). The Hall–Kier alpha value is -3.55. The highest BCUT2D eigenvalue weighted by atomic mass is 35.5. The number of carbonyl (C=O) groups excluding carboxylic acids is 1. The van der Waals surface area contributed by atoms with Gasteiger partial charge in [-0.15, -0.1) is 5.10 Å². The lowest BCUT2D eigenvalue weighted by Crippen LogP contribution is -2.09. The molecule has 0 spiro atoms. The number of nitrogens with zero attached hydrogens (tertiary/aromatic N) is 3. The highest BCUT2D eigenvalue weighted by molar-refractivity contribution is 6.42. The summed E-state index contributed by atoms with van der Waals surface area (Å²) < 4.78 is 17.9. The van der Waals surface area contributed by atoms with Crippen molar-refractivity contribution >= 4 is 29.2 Å². The average molecular weight is 498 g/mol. The van der Waals surface area contributed by atoms with Crippen LogP contribution in [0.25, 0.3) is 11.1 Å². The first-order valence-corrected chi connectivity index (χ1v) is 11.2.